The maximum Gasteiger partial charge on any atom is 0.305 e. The second kappa shape index (κ2) is 6.21. The number of benzene rings is 1. The summed E-state index contributed by atoms with van der Waals surface area (Å²) in [6.07, 6.45) is 2.15. The smallest absolute Gasteiger partial charge is 0.305 e. The molecule has 2 heterocycles. The van der Waals surface area contributed by atoms with Crippen molar-refractivity contribution < 1.29 is 23.5 Å². The van der Waals surface area contributed by atoms with E-state index in [9.17, 15) is 9.59 Å². The number of fused-ring (bicyclic) bond motifs is 1. The van der Waals surface area contributed by atoms with Crippen LogP contribution in [-0.4, -0.2) is 18.6 Å². The molecule has 114 valence electrons. The highest BCUT2D eigenvalue weighted by Crippen LogP contribution is 2.32. The third-order valence-electron chi connectivity index (χ3n) is 3.14. The van der Waals surface area contributed by atoms with E-state index in [1.807, 2.05) is 18.2 Å². The number of hydrazine groups is 1. The Morgan fingerprint density at radius 1 is 1.09 bits per heavy atom. The van der Waals surface area contributed by atoms with E-state index in [-0.39, 0.29) is 24.9 Å². The fraction of sp³-hybridized carbons (Fsp3) is 0.200. The van der Waals surface area contributed by atoms with Crippen molar-refractivity contribution in [2.45, 2.75) is 12.8 Å². The van der Waals surface area contributed by atoms with Crippen molar-refractivity contribution >= 4 is 11.8 Å². The van der Waals surface area contributed by atoms with E-state index < -0.39 is 5.91 Å². The predicted octanol–water partition coefficient (Wildman–Crippen LogP) is 1.40. The van der Waals surface area contributed by atoms with Gasteiger partial charge < -0.3 is 13.9 Å². The van der Waals surface area contributed by atoms with E-state index in [1.54, 1.807) is 6.07 Å². The van der Waals surface area contributed by atoms with Crippen LogP contribution in [0.25, 0.3) is 0 Å². The van der Waals surface area contributed by atoms with Crippen LogP contribution in [0.5, 0.6) is 11.5 Å². The molecular formula is C15H14N2O5. The summed E-state index contributed by atoms with van der Waals surface area (Å²) in [6.45, 7) is 0.220. The Hall–Kier alpha value is -2.96. The maximum atomic E-state index is 11.7. The number of carbonyl (C=O) groups excluding carboxylic acids is 2. The van der Waals surface area contributed by atoms with Crippen LogP contribution < -0.4 is 20.3 Å². The van der Waals surface area contributed by atoms with Gasteiger partial charge in [0.2, 0.25) is 12.7 Å². The lowest BCUT2D eigenvalue weighted by molar-refractivity contribution is -0.121. The molecule has 7 heteroatoms. The third kappa shape index (κ3) is 3.20. The summed E-state index contributed by atoms with van der Waals surface area (Å²) >= 11 is 0. The summed E-state index contributed by atoms with van der Waals surface area (Å²) in [6, 6.07) is 8.64. The van der Waals surface area contributed by atoms with Crippen LogP contribution in [-0.2, 0) is 11.2 Å². The van der Waals surface area contributed by atoms with Gasteiger partial charge in [-0.2, -0.15) is 0 Å². The van der Waals surface area contributed by atoms with Crippen molar-refractivity contribution in [1.82, 2.24) is 10.9 Å². The molecule has 1 aliphatic rings. The normalized spacial score (nSPS) is 12.0. The molecule has 7 nitrogen and oxygen atoms in total. The first-order valence-corrected chi connectivity index (χ1v) is 6.73. The van der Waals surface area contributed by atoms with E-state index in [1.165, 1.54) is 12.3 Å². The number of hydrogen-bond acceptors (Lipinski definition) is 5. The summed E-state index contributed by atoms with van der Waals surface area (Å²) in [4.78, 5) is 23.3. The summed E-state index contributed by atoms with van der Waals surface area (Å²) < 4.78 is 15.4. The molecule has 0 radical (unpaired) electrons. The van der Waals surface area contributed by atoms with Crippen molar-refractivity contribution in [1.29, 1.82) is 0 Å². The monoisotopic (exact) mass is 302 g/mol. The molecule has 1 aliphatic heterocycles. The molecule has 3 rings (SSSR count). The van der Waals surface area contributed by atoms with Crippen LogP contribution in [0.3, 0.4) is 0 Å². The van der Waals surface area contributed by atoms with E-state index in [0.717, 1.165) is 5.56 Å². The van der Waals surface area contributed by atoms with Crippen molar-refractivity contribution in [3.8, 4) is 11.5 Å². The molecule has 0 unspecified atom stereocenters. The molecule has 1 aromatic heterocycles. The second-order valence-electron chi connectivity index (χ2n) is 4.67. The van der Waals surface area contributed by atoms with Crippen LogP contribution in [0.15, 0.2) is 41.0 Å². The zero-order valence-corrected chi connectivity index (χ0v) is 11.6. The number of carbonyl (C=O) groups is 2. The maximum absolute atomic E-state index is 11.7. The Labute approximate surface area is 126 Å². The number of nitrogens with one attached hydrogen (secondary N) is 2. The molecule has 1 aromatic carbocycles. The van der Waals surface area contributed by atoms with Gasteiger partial charge in [-0.15, -0.1) is 0 Å². The zero-order chi connectivity index (χ0) is 15.4. The fourth-order valence-electron chi connectivity index (χ4n) is 2.01. The van der Waals surface area contributed by atoms with Gasteiger partial charge in [0.15, 0.2) is 17.3 Å². The molecule has 0 bridgehead atoms. The van der Waals surface area contributed by atoms with Gasteiger partial charge in [0.1, 0.15) is 0 Å². The summed E-state index contributed by atoms with van der Waals surface area (Å²) in [7, 11) is 0. The largest absolute Gasteiger partial charge is 0.459 e. The Kier molecular flexibility index (Phi) is 3.95. The van der Waals surface area contributed by atoms with Gasteiger partial charge in [0, 0.05) is 6.42 Å². The molecule has 2 amide bonds. The highest BCUT2D eigenvalue weighted by Gasteiger charge is 2.14. The van der Waals surface area contributed by atoms with Gasteiger partial charge >= 0.3 is 5.91 Å². The van der Waals surface area contributed by atoms with Gasteiger partial charge in [-0.25, -0.2) is 0 Å². The van der Waals surface area contributed by atoms with Crippen molar-refractivity contribution in [2.75, 3.05) is 6.79 Å². The quantitative estimate of drug-likeness (QED) is 0.833. The molecule has 0 aliphatic carbocycles. The average molecular weight is 302 g/mol. The van der Waals surface area contributed by atoms with Crippen LogP contribution in [0.1, 0.15) is 22.5 Å². The molecule has 22 heavy (non-hydrogen) atoms. The van der Waals surface area contributed by atoms with E-state index in [0.29, 0.717) is 17.9 Å². The highest BCUT2D eigenvalue weighted by atomic mass is 16.7. The second-order valence-corrected chi connectivity index (χ2v) is 4.67. The van der Waals surface area contributed by atoms with Crippen LogP contribution in [0, 0.1) is 0 Å². The Morgan fingerprint density at radius 2 is 1.95 bits per heavy atom. The van der Waals surface area contributed by atoms with E-state index >= 15 is 0 Å². The lowest BCUT2D eigenvalue weighted by Gasteiger charge is -2.06. The Morgan fingerprint density at radius 3 is 2.77 bits per heavy atom. The number of hydrogen-bond donors (Lipinski definition) is 2. The zero-order valence-electron chi connectivity index (χ0n) is 11.6. The minimum Gasteiger partial charge on any atom is -0.459 e. The van der Waals surface area contributed by atoms with E-state index in [4.69, 9.17) is 13.9 Å². The molecule has 2 N–H and O–H groups in total. The Balaban J connectivity index is 1.45. The van der Waals surface area contributed by atoms with Gasteiger partial charge in [0.05, 0.1) is 6.26 Å². The summed E-state index contributed by atoms with van der Waals surface area (Å²) in [5, 5.41) is 0. The molecule has 0 spiro atoms. The predicted molar refractivity (Wildman–Crippen MR) is 75.2 cm³/mol. The van der Waals surface area contributed by atoms with Gasteiger partial charge in [-0.05, 0) is 36.2 Å². The molecule has 0 saturated heterocycles. The number of amides is 2. The third-order valence-corrected chi connectivity index (χ3v) is 3.14. The Bertz CT molecular complexity index is 681. The van der Waals surface area contributed by atoms with Crippen LogP contribution >= 0.6 is 0 Å². The minimum absolute atomic E-state index is 0.135. The SMILES string of the molecule is O=C(CCc1ccc2c(c1)OCO2)NNC(=O)c1ccco1. The highest BCUT2D eigenvalue weighted by molar-refractivity contribution is 5.92. The van der Waals surface area contributed by atoms with Crippen molar-refractivity contribution in [3.05, 3.63) is 47.9 Å². The van der Waals surface area contributed by atoms with Crippen molar-refractivity contribution in [2.24, 2.45) is 0 Å². The first kappa shape index (κ1) is 14.0. The fourth-order valence-corrected chi connectivity index (χ4v) is 2.01. The standard InChI is InChI=1S/C15H14N2O5/c18-14(16-17-15(19)12-2-1-7-20-12)6-4-10-3-5-11-13(8-10)22-9-21-11/h1-3,5,7-8H,4,6,9H2,(H,16,18)(H,17,19). The lowest BCUT2D eigenvalue weighted by atomic mass is 10.1. The lowest BCUT2D eigenvalue weighted by Crippen LogP contribution is -2.41. The first-order chi connectivity index (χ1) is 10.7. The number of ether oxygens (including phenoxy) is 2. The number of rotatable bonds is 4. The number of aryl methyl sites for hydroxylation is 1. The molecule has 0 atom stereocenters. The van der Waals surface area contributed by atoms with Crippen LogP contribution in [0.2, 0.25) is 0 Å². The van der Waals surface area contributed by atoms with Gasteiger partial charge in [-0.1, -0.05) is 6.07 Å². The van der Waals surface area contributed by atoms with Gasteiger partial charge in [0.25, 0.3) is 0 Å². The average Bonchev–Trinajstić information content (AvgIpc) is 3.20. The van der Waals surface area contributed by atoms with Crippen molar-refractivity contribution in [3.63, 3.8) is 0 Å². The molecule has 0 saturated carbocycles. The molecule has 0 fully saturated rings. The summed E-state index contributed by atoms with van der Waals surface area (Å²) in [5.41, 5.74) is 5.58. The first-order valence-electron chi connectivity index (χ1n) is 6.73. The van der Waals surface area contributed by atoms with Gasteiger partial charge in [-0.3, -0.25) is 20.4 Å². The summed E-state index contributed by atoms with van der Waals surface area (Å²) in [5.74, 6) is 0.734. The number of furan rings is 1. The minimum atomic E-state index is -0.499. The van der Waals surface area contributed by atoms with Crippen LogP contribution in [0.4, 0.5) is 0 Å². The topological polar surface area (TPSA) is 89.8 Å². The van der Waals surface area contributed by atoms with E-state index in [2.05, 4.69) is 10.9 Å². The molecule has 2 aromatic rings. The molecular weight excluding hydrogens is 288 g/mol.